The van der Waals surface area contributed by atoms with Crippen LogP contribution in [0, 0.1) is 11.3 Å². The lowest BCUT2D eigenvalue weighted by molar-refractivity contribution is 0.0686. The smallest absolute Gasteiger partial charge is 0.358 e. The standard InChI is InChI=1S/C15H9N3O3/c16-9-10-5-1-2-6-11(10)21-14-13(15(19)20)18-8-4-3-7-12(18)17-14/h1-8H,(H,19,20). The highest BCUT2D eigenvalue weighted by Crippen LogP contribution is 2.28. The number of nitriles is 1. The van der Waals surface area contributed by atoms with Crippen molar-refractivity contribution in [2.75, 3.05) is 0 Å². The van der Waals surface area contributed by atoms with Crippen molar-refractivity contribution in [1.82, 2.24) is 9.38 Å². The first-order chi connectivity index (χ1) is 10.2. The van der Waals surface area contributed by atoms with Crippen molar-refractivity contribution in [2.24, 2.45) is 0 Å². The number of carbonyl (C=O) groups is 1. The molecular formula is C15H9N3O3. The molecule has 3 rings (SSSR count). The van der Waals surface area contributed by atoms with Crippen LogP contribution in [0.2, 0.25) is 0 Å². The molecule has 0 saturated heterocycles. The number of fused-ring (bicyclic) bond motifs is 1. The Kier molecular flexibility index (Phi) is 3.01. The van der Waals surface area contributed by atoms with E-state index < -0.39 is 5.97 Å². The fourth-order valence-electron chi connectivity index (χ4n) is 1.99. The van der Waals surface area contributed by atoms with Gasteiger partial charge in [-0.1, -0.05) is 18.2 Å². The summed E-state index contributed by atoms with van der Waals surface area (Å²) in [4.78, 5) is 15.6. The van der Waals surface area contributed by atoms with Gasteiger partial charge in [0, 0.05) is 6.20 Å². The van der Waals surface area contributed by atoms with Crippen molar-refractivity contribution in [2.45, 2.75) is 0 Å². The molecule has 3 aromatic rings. The summed E-state index contributed by atoms with van der Waals surface area (Å²) < 4.78 is 6.97. The normalized spacial score (nSPS) is 10.2. The number of ether oxygens (including phenoxy) is 1. The third-order valence-electron chi connectivity index (χ3n) is 2.91. The van der Waals surface area contributed by atoms with Gasteiger partial charge in [0.2, 0.25) is 0 Å². The summed E-state index contributed by atoms with van der Waals surface area (Å²) >= 11 is 0. The van der Waals surface area contributed by atoms with Crippen LogP contribution < -0.4 is 4.74 Å². The van der Waals surface area contributed by atoms with E-state index in [0.29, 0.717) is 11.2 Å². The first-order valence-electron chi connectivity index (χ1n) is 6.08. The third-order valence-corrected chi connectivity index (χ3v) is 2.91. The van der Waals surface area contributed by atoms with Crippen molar-refractivity contribution in [3.63, 3.8) is 0 Å². The molecule has 0 aliphatic carbocycles. The zero-order chi connectivity index (χ0) is 14.8. The highest BCUT2D eigenvalue weighted by Gasteiger charge is 2.21. The quantitative estimate of drug-likeness (QED) is 0.796. The van der Waals surface area contributed by atoms with Crippen LogP contribution in [0.4, 0.5) is 0 Å². The maximum atomic E-state index is 11.4. The van der Waals surface area contributed by atoms with E-state index in [2.05, 4.69) is 4.98 Å². The molecule has 1 aromatic carbocycles. The fraction of sp³-hybridized carbons (Fsp3) is 0. The Morgan fingerprint density at radius 2 is 2.00 bits per heavy atom. The second kappa shape index (κ2) is 4.98. The molecule has 21 heavy (non-hydrogen) atoms. The van der Waals surface area contributed by atoms with Gasteiger partial charge in [-0.2, -0.15) is 10.2 Å². The Labute approximate surface area is 119 Å². The maximum absolute atomic E-state index is 11.4. The van der Waals surface area contributed by atoms with E-state index in [1.54, 1.807) is 48.7 Å². The van der Waals surface area contributed by atoms with Gasteiger partial charge in [-0.25, -0.2) is 4.79 Å². The highest BCUT2D eigenvalue weighted by atomic mass is 16.5. The van der Waals surface area contributed by atoms with Crippen molar-refractivity contribution in [3.05, 3.63) is 59.9 Å². The van der Waals surface area contributed by atoms with Gasteiger partial charge >= 0.3 is 5.97 Å². The van der Waals surface area contributed by atoms with Crippen LogP contribution in [0.15, 0.2) is 48.7 Å². The predicted molar refractivity (Wildman–Crippen MR) is 73.4 cm³/mol. The topological polar surface area (TPSA) is 87.6 Å². The summed E-state index contributed by atoms with van der Waals surface area (Å²) in [6, 6.07) is 13.7. The van der Waals surface area contributed by atoms with Crippen molar-refractivity contribution in [3.8, 4) is 17.7 Å². The molecule has 2 heterocycles. The van der Waals surface area contributed by atoms with Crippen LogP contribution in [0.1, 0.15) is 16.1 Å². The molecule has 0 unspecified atom stereocenters. The monoisotopic (exact) mass is 279 g/mol. The van der Waals surface area contributed by atoms with Crippen LogP contribution in [0.25, 0.3) is 5.65 Å². The number of hydrogen-bond acceptors (Lipinski definition) is 4. The molecule has 0 saturated carbocycles. The van der Waals surface area contributed by atoms with Gasteiger partial charge in [0.15, 0.2) is 5.69 Å². The largest absolute Gasteiger partial charge is 0.476 e. The Bertz CT molecular complexity index is 877. The lowest BCUT2D eigenvalue weighted by Gasteiger charge is -2.05. The summed E-state index contributed by atoms with van der Waals surface area (Å²) in [6.45, 7) is 0. The van der Waals surface area contributed by atoms with Crippen LogP contribution >= 0.6 is 0 Å². The number of pyridine rings is 1. The number of para-hydroxylation sites is 1. The minimum Gasteiger partial charge on any atom is -0.476 e. The average Bonchev–Trinajstić information content (AvgIpc) is 2.85. The number of aromatic carboxylic acids is 1. The second-order valence-electron chi connectivity index (χ2n) is 4.21. The van der Waals surface area contributed by atoms with Crippen molar-refractivity contribution >= 4 is 11.6 Å². The Morgan fingerprint density at radius 1 is 1.24 bits per heavy atom. The molecule has 0 fully saturated rings. The van der Waals surface area contributed by atoms with Gasteiger partial charge in [-0.05, 0) is 24.3 Å². The Morgan fingerprint density at radius 3 is 2.76 bits per heavy atom. The summed E-state index contributed by atoms with van der Waals surface area (Å²) in [6.07, 6.45) is 1.59. The van der Waals surface area contributed by atoms with Crippen molar-refractivity contribution < 1.29 is 14.6 Å². The summed E-state index contributed by atoms with van der Waals surface area (Å²) in [5.41, 5.74) is 0.684. The van der Waals surface area contributed by atoms with Gasteiger partial charge in [-0.3, -0.25) is 4.40 Å². The van der Waals surface area contributed by atoms with E-state index in [1.165, 1.54) is 4.40 Å². The zero-order valence-corrected chi connectivity index (χ0v) is 10.7. The molecule has 0 aliphatic rings. The summed E-state index contributed by atoms with van der Waals surface area (Å²) in [7, 11) is 0. The number of benzene rings is 1. The molecule has 0 aliphatic heterocycles. The second-order valence-corrected chi connectivity index (χ2v) is 4.21. The van der Waals surface area contributed by atoms with E-state index >= 15 is 0 Å². The number of nitrogens with zero attached hydrogens (tertiary/aromatic N) is 3. The van der Waals surface area contributed by atoms with Crippen LogP contribution in [0.5, 0.6) is 11.6 Å². The number of rotatable bonds is 3. The minimum absolute atomic E-state index is 0.0450. The lowest BCUT2D eigenvalue weighted by atomic mass is 10.2. The van der Waals surface area contributed by atoms with Gasteiger partial charge in [0.25, 0.3) is 5.88 Å². The van der Waals surface area contributed by atoms with Crippen LogP contribution in [-0.4, -0.2) is 20.5 Å². The Hall–Kier alpha value is -3.33. The highest BCUT2D eigenvalue weighted by molar-refractivity contribution is 5.90. The zero-order valence-electron chi connectivity index (χ0n) is 10.7. The molecule has 6 nitrogen and oxygen atoms in total. The van der Waals surface area contributed by atoms with Crippen LogP contribution in [-0.2, 0) is 0 Å². The molecular weight excluding hydrogens is 270 g/mol. The van der Waals surface area contributed by atoms with E-state index in [0.717, 1.165) is 0 Å². The first kappa shape index (κ1) is 12.7. The van der Waals surface area contributed by atoms with Gasteiger partial charge in [0.1, 0.15) is 17.5 Å². The molecule has 102 valence electrons. The number of carboxylic acids is 1. The first-order valence-corrected chi connectivity index (χ1v) is 6.08. The molecule has 0 amide bonds. The summed E-state index contributed by atoms with van der Waals surface area (Å²) in [5.74, 6) is -0.930. The average molecular weight is 279 g/mol. The summed E-state index contributed by atoms with van der Waals surface area (Å²) in [5, 5.41) is 18.4. The SMILES string of the molecule is N#Cc1ccccc1Oc1nc2ccccn2c1C(=O)O. The lowest BCUT2D eigenvalue weighted by Crippen LogP contribution is -2.03. The third kappa shape index (κ3) is 2.17. The molecule has 1 N–H and O–H groups in total. The molecule has 0 spiro atoms. The predicted octanol–water partition coefficient (Wildman–Crippen LogP) is 2.70. The minimum atomic E-state index is -1.15. The molecule has 6 heteroatoms. The van der Waals surface area contributed by atoms with E-state index in [1.807, 2.05) is 6.07 Å². The number of hydrogen-bond donors (Lipinski definition) is 1. The van der Waals surface area contributed by atoms with E-state index in [4.69, 9.17) is 10.00 Å². The number of aromatic nitrogens is 2. The Balaban J connectivity index is 2.15. The maximum Gasteiger partial charge on any atom is 0.358 e. The van der Waals surface area contributed by atoms with E-state index in [-0.39, 0.29) is 17.3 Å². The van der Waals surface area contributed by atoms with Crippen molar-refractivity contribution in [1.29, 1.82) is 5.26 Å². The number of carboxylic acid groups (broad SMARTS) is 1. The molecule has 0 radical (unpaired) electrons. The van der Waals surface area contributed by atoms with Crippen LogP contribution in [0.3, 0.4) is 0 Å². The molecule has 0 atom stereocenters. The molecule has 0 bridgehead atoms. The van der Waals surface area contributed by atoms with E-state index in [9.17, 15) is 9.90 Å². The fourth-order valence-corrected chi connectivity index (χ4v) is 1.99. The molecule has 2 aromatic heterocycles. The van der Waals surface area contributed by atoms with Gasteiger partial charge < -0.3 is 9.84 Å². The van der Waals surface area contributed by atoms with Gasteiger partial charge in [-0.15, -0.1) is 0 Å². The van der Waals surface area contributed by atoms with Gasteiger partial charge in [0.05, 0.1) is 5.56 Å². The number of imidazole rings is 1.